The standard InChI is InChI=1S/C13H24N2O4/c1-18-9-5-12(16)14-11-3-7-15(8-4-11)13(17)6-10-19-2/h11H,3-10H2,1-2H3,(H,14,16). The van der Waals surface area contributed by atoms with Gasteiger partial charge in [0.1, 0.15) is 0 Å². The predicted octanol–water partition coefficient (Wildman–Crippen LogP) is 0.167. The number of ether oxygens (including phenoxy) is 2. The van der Waals surface area contributed by atoms with E-state index in [4.69, 9.17) is 9.47 Å². The monoisotopic (exact) mass is 272 g/mol. The van der Waals surface area contributed by atoms with Crippen molar-refractivity contribution in [1.82, 2.24) is 10.2 Å². The minimum absolute atomic E-state index is 0.0195. The molecular formula is C13H24N2O4. The van der Waals surface area contributed by atoms with Crippen molar-refractivity contribution >= 4 is 11.8 Å². The molecule has 1 aliphatic heterocycles. The molecule has 0 aromatic carbocycles. The molecule has 0 bridgehead atoms. The summed E-state index contributed by atoms with van der Waals surface area (Å²) < 4.78 is 9.76. The van der Waals surface area contributed by atoms with Crippen molar-refractivity contribution in [2.45, 2.75) is 31.7 Å². The third-order valence-corrected chi connectivity index (χ3v) is 3.27. The molecule has 19 heavy (non-hydrogen) atoms. The Kier molecular flexibility index (Phi) is 7.43. The van der Waals surface area contributed by atoms with Crippen LogP contribution in [0.1, 0.15) is 25.7 Å². The lowest BCUT2D eigenvalue weighted by Gasteiger charge is -2.32. The number of methoxy groups -OCH3 is 2. The first-order valence-corrected chi connectivity index (χ1v) is 6.72. The molecule has 0 spiro atoms. The highest BCUT2D eigenvalue weighted by Gasteiger charge is 2.23. The summed E-state index contributed by atoms with van der Waals surface area (Å²) >= 11 is 0. The number of rotatable bonds is 7. The number of hydrogen-bond donors (Lipinski definition) is 1. The van der Waals surface area contributed by atoms with Crippen LogP contribution < -0.4 is 5.32 Å². The minimum Gasteiger partial charge on any atom is -0.384 e. The molecule has 2 amide bonds. The fourth-order valence-electron chi connectivity index (χ4n) is 2.12. The lowest BCUT2D eigenvalue weighted by atomic mass is 10.0. The van der Waals surface area contributed by atoms with Crippen molar-refractivity contribution < 1.29 is 19.1 Å². The largest absolute Gasteiger partial charge is 0.384 e. The molecule has 0 aromatic heterocycles. The summed E-state index contributed by atoms with van der Waals surface area (Å²) in [5.41, 5.74) is 0. The topological polar surface area (TPSA) is 67.9 Å². The van der Waals surface area contributed by atoms with Crippen molar-refractivity contribution in [2.24, 2.45) is 0 Å². The van der Waals surface area contributed by atoms with Crippen LogP contribution in [0.2, 0.25) is 0 Å². The highest BCUT2D eigenvalue weighted by Crippen LogP contribution is 2.11. The molecule has 1 rings (SSSR count). The van der Waals surface area contributed by atoms with E-state index in [1.807, 2.05) is 4.90 Å². The summed E-state index contributed by atoms with van der Waals surface area (Å²) in [4.78, 5) is 25.2. The van der Waals surface area contributed by atoms with Gasteiger partial charge in [-0.05, 0) is 12.8 Å². The number of piperidine rings is 1. The van der Waals surface area contributed by atoms with Gasteiger partial charge in [0.2, 0.25) is 11.8 Å². The van der Waals surface area contributed by atoms with Gasteiger partial charge in [-0.1, -0.05) is 0 Å². The molecule has 0 radical (unpaired) electrons. The van der Waals surface area contributed by atoms with Gasteiger partial charge in [0.05, 0.1) is 19.6 Å². The Balaban J connectivity index is 2.21. The van der Waals surface area contributed by atoms with E-state index in [0.29, 0.717) is 39.1 Å². The third-order valence-electron chi connectivity index (χ3n) is 3.27. The molecule has 1 N–H and O–H groups in total. The molecule has 1 fully saturated rings. The maximum absolute atomic E-state index is 11.8. The fourth-order valence-corrected chi connectivity index (χ4v) is 2.12. The number of amides is 2. The average molecular weight is 272 g/mol. The first-order chi connectivity index (χ1) is 9.17. The van der Waals surface area contributed by atoms with Gasteiger partial charge in [-0.25, -0.2) is 0 Å². The lowest BCUT2D eigenvalue weighted by Crippen LogP contribution is -2.46. The first-order valence-electron chi connectivity index (χ1n) is 6.72. The lowest BCUT2D eigenvalue weighted by molar-refractivity contribution is -0.133. The molecule has 0 unspecified atom stereocenters. The first kappa shape index (κ1) is 15.9. The van der Waals surface area contributed by atoms with E-state index in [1.165, 1.54) is 0 Å². The van der Waals surface area contributed by atoms with Crippen LogP contribution in [0, 0.1) is 0 Å². The van der Waals surface area contributed by atoms with E-state index >= 15 is 0 Å². The summed E-state index contributed by atoms with van der Waals surface area (Å²) in [6, 6.07) is 0.177. The van der Waals surface area contributed by atoms with Gasteiger partial charge in [0.15, 0.2) is 0 Å². The number of nitrogens with one attached hydrogen (secondary N) is 1. The highest BCUT2D eigenvalue weighted by molar-refractivity contribution is 5.77. The second-order valence-corrected chi connectivity index (χ2v) is 4.71. The SMILES string of the molecule is COCCC(=O)NC1CCN(C(=O)CCOC)CC1. The molecule has 110 valence electrons. The fraction of sp³-hybridized carbons (Fsp3) is 0.846. The number of carbonyl (C=O) groups is 2. The molecule has 1 heterocycles. The van der Waals surface area contributed by atoms with E-state index in [9.17, 15) is 9.59 Å². The molecule has 1 aliphatic rings. The van der Waals surface area contributed by atoms with E-state index in [1.54, 1.807) is 14.2 Å². The van der Waals surface area contributed by atoms with Crippen LogP contribution in [0.5, 0.6) is 0 Å². The van der Waals surface area contributed by atoms with Crippen molar-refractivity contribution in [2.75, 3.05) is 40.5 Å². The summed E-state index contributed by atoms with van der Waals surface area (Å²) in [5, 5.41) is 2.97. The predicted molar refractivity (Wildman–Crippen MR) is 70.7 cm³/mol. The average Bonchev–Trinajstić information content (AvgIpc) is 2.43. The second-order valence-electron chi connectivity index (χ2n) is 4.71. The van der Waals surface area contributed by atoms with E-state index in [2.05, 4.69) is 5.32 Å². The van der Waals surface area contributed by atoms with Gasteiger partial charge < -0.3 is 19.7 Å². The zero-order valence-corrected chi connectivity index (χ0v) is 11.8. The highest BCUT2D eigenvalue weighted by atomic mass is 16.5. The van der Waals surface area contributed by atoms with Crippen molar-refractivity contribution in [3.63, 3.8) is 0 Å². The number of likely N-dealkylation sites (tertiary alicyclic amines) is 1. The molecule has 0 aliphatic carbocycles. The van der Waals surface area contributed by atoms with Crippen LogP contribution in [-0.4, -0.2) is 63.3 Å². The summed E-state index contributed by atoms with van der Waals surface area (Å²) in [5.74, 6) is 0.150. The van der Waals surface area contributed by atoms with Crippen LogP contribution in [-0.2, 0) is 19.1 Å². The number of nitrogens with zero attached hydrogens (tertiary/aromatic N) is 1. The van der Waals surface area contributed by atoms with Crippen LogP contribution in [0.3, 0.4) is 0 Å². The van der Waals surface area contributed by atoms with Crippen LogP contribution in [0.4, 0.5) is 0 Å². The van der Waals surface area contributed by atoms with Gasteiger partial charge in [-0.3, -0.25) is 9.59 Å². The van der Waals surface area contributed by atoms with Crippen molar-refractivity contribution in [3.05, 3.63) is 0 Å². The van der Waals surface area contributed by atoms with Gasteiger partial charge in [0.25, 0.3) is 0 Å². The summed E-state index contributed by atoms with van der Waals surface area (Å²) in [7, 11) is 3.17. The van der Waals surface area contributed by atoms with Crippen LogP contribution in [0.25, 0.3) is 0 Å². The molecule has 1 saturated heterocycles. The molecule has 0 aromatic rings. The molecular weight excluding hydrogens is 248 g/mol. The van der Waals surface area contributed by atoms with E-state index in [-0.39, 0.29) is 17.9 Å². The second kappa shape index (κ2) is 8.87. The zero-order valence-electron chi connectivity index (χ0n) is 11.8. The number of hydrogen-bond acceptors (Lipinski definition) is 4. The summed E-state index contributed by atoms with van der Waals surface area (Å²) in [6.07, 6.45) is 2.46. The van der Waals surface area contributed by atoms with Crippen molar-refractivity contribution in [3.8, 4) is 0 Å². The Labute approximate surface area is 114 Å². The Hall–Kier alpha value is -1.14. The van der Waals surface area contributed by atoms with Gasteiger partial charge in [-0.15, -0.1) is 0 Å². The number of carbonyl (C=O) groups excluding carboxylic acids is 2. The van der Waals surface area contributed by atoms with Gasteiger partial charge in [0, 0.05) is 39.8 Å². The molecule has 6 heteroatoms. The smallest absolute Gasteiger partial charge is 0.224 e. The van der Waals surface area contributed by atoms with Crippen LogP contribution >= 0.6 is 0 Å². The van der Waals surface area contributed by atoms with Gasteiger partial charge in [-0.2, -0.15) is 0 Å². The Morgan fingerprint density at radius 2 is 1.68 bits per heavy atom. The normalized spacial score (nSPS) is 16.4. The maximum Gasteiger partial charge on any atom is 0.224 e. The molecule has 0 saturated carbocycles. The van der Waals surface area contributed by atoms with E-state index in [0.717, 1.165) is 12.8 Å². The third kappa shape index (κ3) is 6.02. The van der Waals surface area contributed by atoms with Crippen LogP contribution in [0.15, 0.2) is 0 Å². The quantitative estimate of drug-likeness (QED) is 0.717. The maximum atomic E-state index is 11.8. The zero-order chi connectivity index (χ0) is 14.1. The summed E-state index contributed by atoms with van der Waals surface area (Å²) in [6.45, 7) is 2.32. The Morgan fingerprint density at radius 1 is 1.11 bits per heavy atom. The Morgan fingerprint density at radius 3 is 2.26 bits per heavy atom. The van der Waals surface area contributed by atoms with Crippen molar-refractivity contribution in [1.29, 1.82) is 0 Å². The van der Waals surface area contributed by atoms with Gasteiger partial charge >= 0.3 is 0 Å². The molecule has 0 atom stereocenters. The van der Waals surface area contributed by atoms with E-state index < -0.39 is 0 Å². The Bertz CT molecular complexity index is 288. The minimum atomic E-state index is 0.0195. The molecule has 6 nitrogen and oxygen atoms in total.